The lowest BCUT2D eigenvalue weighted by Gasteiger charge is -2.34. The van der Waals surface area contributed by atoms with Crippen LogP contribution in [0.15, 0.2) is 41.4 Å². The number of nitrogens with one attached hydrogen (secondary N) is 1. The fourth-order valence-electron chi connectivity index (χ4n) is 2.54. The van der Waals surface area contributed by atoms with Crippen molar-refractivity contribution in [3.8, 4) is 0 Å². The molecule has 0 unspecified atom stereocenters. The van der Waals surface area contributed by atoms with Crippen LogP contribution in [0.5, 0.6) is 0 Å². The average Bonchev–Trinajstić information content (AvgIpc) is 3.07. The van der Waals surface area contributed by atoms with Crippen molar-refractivity contribution in [3.63, 3.8) is 0 Å². The van der Waals surface area contributed by atoms with Crippen molar-refractivity contribution < 1.29 is 4.79 Å². The molecule has 0 bridgehead atoms. The van der Waals surface area contributed by atoms with E-state index in [1.807, 2.05) is 17.0 Å². The normalized spacial score (nSPS) is 15.7. The predicted octanol–water partition coefficient (Wildman–Crippen LogP) is 2.17. The Morgan fingerprint density at radius 2 is 1.91 bits per heavy atom. The lowest BCUT2D eigenvalue weighted by Crippen LogP contribution is -2.51. The van der Waals surface area contributed by atoms with Crippen LogP contribution in [0.2, 0.25) is 0 Å². The summed E-state index contributed by atoms with van der Waals surface area (Å²) in [6.07, 6.45) is 3.48. The standard InChI is InChI=1S/C16H20N4OS/c21-16(18-11-14-1-4-17-5-2-14)20-8-6-19(7-9-20)12-15-3-10-22-13-15/h1-5,10,13H,6-9,11-12H2,(H,18,21). The summed E-state index contributed by atoms with van der Waals surface area (Å²) in [5, 5.41) is 7.27. The Bertz CT molecular complexity index is 579. The van der Waals surface area contributed by atoms with Crippen molar-refractivity contribution in [2.75, 3.05) is 26.2 Å². The molecule has 22 heavy (non-hydrogen) atoms. The minimum atomic E-state index is 0.0204. The third-order valence-electron chi connectivity index (χ3n) is 3.84. The zero-order chi connectivity index (χ0) is 15.2. The number of urea groups is 1. The van der Waals surface area contributed by atoms with E-state index in [1.54, 1.807) is 23.7 Å². The molecule has 0 aromatic carbocycles. The topological polar surface area (TPSA) is 48.5 Å². The van der Waals surface area contributed by atoms with E-state index in [4.69, 9.17) is 0 Å². The molecule has 1 N–H and O–H groups in total. The molecule has 3 rings (SSSR count). The maximum Gasteiger partial charge on any atom is 0.317 e. The van der Waals surface area contributed by atoms with Gasteiger partial charge in [0.1, 0.15) is 0 Å². The number of aromatic nitrogens is 1. The Kier molecular flexibility index (Phi) is 5.03. The van der Waals surface area contributed by atoms with Crippen LogP contribution >= 0.6 is 11.3 Å². The van der Waals surface area contributed by atoms with Crippen molar-refractivity contribution in [1.29, 1.82) is 0 Å². The summed E-state index contributed by atoms with van der Waals surface area (Å²) in [6, 6.07) is 6.02. The molecule has 1 aliphatic heterocycles. The van der Waals surface area contributed by atoms with Gasteiger partial charge in [0.05, 0.1) is 0 Å². The summed E-state index contributed by atoms with van der Waals surface area (Å²) >= 11 is 1.73. The number of thiophene rings is 1. The lowest BCUT2D eigenvalue weighted by atomic mass is 10.2. The summed E-state index contributed by atoms with van der Waals surface area (Å²) in [5.41, 5.74) is 2.43. The monoisotopic (exact) mass is 316 g/mol. The Morgan fingerprint density at radius 3 is 2.59 bits per heavy atom. The molecule has 116 valence electrons. The zero-order valence-electron chi connectivity index (χ0n) is 12.4. The second kappa shape index (κ2) is 7.38. The third-order valence-corrected chi connectivity index (χ3v) is 4.57. The van der Waals surface area contributed by atoms with Gasteiger partial charge in [-0.15, -0.1) is 0 Å². The highest BCUT2D eigenvalue weighted by atomic mass is 32.1. The smallest absolute Gasteiger partial charge is 0.317 e. The maximum absolute atomic E-state index is 12.2. The van der Waals surface area contributed by atoms with Crippen molar-refractivity contribution in [1.82, 2.24) is 20.1 Å². The number of pyridine rings is 1. The molecule has 6 heteroatoms. The van der Waals surface area contributed by atoms with E-state index in [0.29, 0.717) is 6.54 Å². The van der Waals surface area contributed by atoms with Crippen LogP contribution in [0, 0.1) is 0 Å². The van der Waals surface area contributed by atoms with Crippen LogP contribution in [-0.4, -0.2) is 47.0 Å². The fraction of sp³-hybridized carbons (Fsp3) is 0.375. The fourth-order valence-corrected chi connectivity index (χ4v) is 3.20. The molecule has 0 aliphatic carbocycles. The number of amides is 2. The van der Waals surface area contributed by atoms with Crippen LogP contribution in [0.1, 0.15) is 11.1 Å². The zero-order valence-corrected chi connectivity index (χ0v) is 13.3. The molecule has 1 aliphatic rings. The molecule has 0 saturated carbocycles. The number of hydrogen-bond donors (Lipinski definition) is 1. The molecule has 0 atom stereocenters. The molecule has 1 saturated heterocycles. The number of rotatable bonds is 4. The molecular formula is C16H20N4OS. The first-order valence-corrected chi connectivity index (χ1v) is 8.40. The van der Waals surface area contributed by atoms with Gasteiger partial charge in [0.15, 0.2) is 0 Å². The first-order chi connectivity index (χ1) is 10.8. The molecule has 2 aromatic rings. The van der Waals surface area contributed by atoms with E-state index in [1.165, 1.54) is 5.56 Å². The highest BCUT2D eigenvalue weighted by Crippen LogP contribution is 2.11. The van der Waals surface area contributed by atoms with Crippen molar-refractivity contribution in [3.05, 3.63) is 52.5 Å². The molecule has 2 amide bonds. The van der Waals surface area contributed by atoms with Crippen molar-refractivity contribution >= 4 is 17.4 Å². The molecule has 0 spiro atoms. The number of nitrogens with zero attached hydrogens (tertiary/aromatic N) is 3. The summed E-state index contributed by atoms with van der Waals surface area (Å²) in [7, 11) is 0. The molecule has 3 heterocycles. The van der Waals surface area contributed by atoms with E-state index in [-0.39, 0.29) is 6.03 Å². The van der Waals surface area contributed by atoms with Gasteiger partial charge in [0, 0.05) is 51.7 Å². The number of carbonyl (C=O) groups excluding carboxylic acids is 1. The summed E-state index contributed by atoms with van der Waals surface area (Å²) in [6.45, 7) is 4.96. The van der Waals surface area contributed by atoms with Gasteiger partial charge in [-0.3, -0.25) is 9.88 Å². The Labute approximate surface area is 134 Å². The van der Waals surface area contributed by atoms with Crippen LogP contribution in [0.4, 0.5) is 4.79 Å². The summed E-state index contributed by atoms with van der Waals surface area (Å²) in [4.78, 5) is 20.4. The minimum absolute atomic E-state index is 0.0204. The second-order valence-corrected chi connectivity index (χ2v) is 6.19. The van der Waals surface area contributed by atoms with Gasteiger partial charge in [-0.25, -0.2) is 4.79 Å². The predicted molar refractivity (Wildman–Crippen MR) is 87.6 cm³/mol. The van der Waals surface area contributed by atoms with Crippen LogP contribution in [0.3, 0.4) is 0 Å². The molecular weight excluding hydrogens is 296 g/mol. The van der Waals surface area contributed by atoms with Gasteiger partial charge in [-0.05, 0) is 40.1 Å². The van der Waals surface area contributed by atoms with Crippen molar-refractivity contribution in [2.45, 2.75) is 13.1 Å². The van der Waals surface area contributed by atoms with Gasteiger partial charge in [0.2, 0.25) is 0 Å². The van der Waals surface area contributed by atoms with E-state index < -0.39 is 0 Å². The Morgan fingerprint density at radius 1 is 1.14 bits per heavy atom. The average molecular weight is 316 g/mol. The molecule has 0 radical (unpaired) electrons. The largest absolute Gasteiger partial charge is 0.334 e. The van der Waals surface area contributed by atoms with Gasteiger partial charge < -0.3 is 10.2 Å². The number of carbonyl (C=O) groups is 1. The SMILES string of the molecule is O=C(NCc1ccncc1)N1CCN(Cc2ccsc2)CC1. The summed E-state index contributed by atoms with van der Waals surface area (Å²) < 4.78 is 0. The molecule has 1 fully saturated rings. The van der Waals surface area contributed by atoms with Gasteiger partial charge in [-0.1, -0.05) is 0 Å². The Hall–Kier alpha value is -1.92. The quantitative estimate of drug-likeness (QED) is 0.940. The number of hydrogen-bond acceptors (Lipinski definition) is 4. The number of piperazine rings is 1. The van der Waals surface area contributed by atoms with Crippen LogP contribution in [-0.2, 0) is 13.1 Å². The Balaban J connectivity index is 1.42. The first kappa shape index (κ1) is 15.0. The maximum atomic E-state index is 12.2. The van der Waals surface area contributed by atoms with E-state index in [9.17, 15) is 4.79 Å². The van der Waals surface area contributed by atoms with Gasteiger partial charge in [0.25, 0.3) is 0 Å². The lowest BCUT2D eigenvalue weighted by molar-refractivity contribution is 0.135. The third kappa shape index (κ3) is 4.05. The highest BCUT2D eigenvalue weighted by Gasteiger charge is 2.20. The molecule has 2 aromatic heterocycles. The minimum Gasteiger partial charge on any atom is -0.334 e. The van der Waals surface area contributed by atoms with Gasteiger partial charge in [-0.2, -0.15) is 11.3 Å². The second-order valence-electron chi connectivity index (χ2n) is 5.41. The van der Waals surface area contributed by atoms with Crippen LogP contribution in [0.25, 0.3) is 0 Å². The van der Waals surface area contributed by atoms with Crippen LogP contribution < -0.4 is 5.32 Å². The van der Waals surface area contributed by atoms with E-state index in [0.717, 1.165) is 38.3 Å². The summed E-state index contributed by atoms with van der Waals surface area (Å²) in [5.74, 6) is 0. The van der Waals surface area contributed by atoms with E-state index in [2.05, 4.69) is 32.0 Å². The molecule has 5 nitrogen and oxygen atoms in total. The van der Waals surface area contributed by atoms with E-state index >= 15 is 0 Å². The van der Waals surface area contributed by atoms with Crippen molar-refractivity contribution in [2.24, 2.45) is 0 Å². The van der Waals surface area contributed by atoms with Gasteiger partial charge >= 0.3 is 6.03 Å². The highest BCUT2D eigenvalue weighted by molar-refractivity contribution is 7.07. The first-order valence-electron chi connectivity index (χ1n) is 7.46.